The predicted octanol–water partition coefficient (Wildman–Crippen LogP) is 5.48. The van der Waals surface area contributed by atoms with Crippen LogP contribution in [-0.2, 0) is 6.61 Å². The van der Waals surface area contributed by atoms with Crippen molar-refractivity contribution in [2.45, 2.75) is 39.2 Å². The van der Waals surface area contributed by atoms with Crippen molar-refractivity contribution in [2.24, 2.45) is 0 Å². The molecule has 1 amide bonds. The summed E-state index contributed by atoms with van der Waals surface area (Å²) in [5.41, 5.74) is 0. The number of ether oxygens (including phenoxy) is 1. The Hall–Kier alpha value is -1.65. The van der Waals surface area contributed by atoms with Crippen LogP contribution in [0.2, 0.25) is 10.0 Å². The smallest absolute Gasteiger partial charge is 0.286 e. The van der Waals surface area contributed by atoms with Gasteiger partial charge in [0.1, 0.15) is 18.1 Å². The maximum Gasteiger partial charge on any atom is 0.286 e. The Morgan fingerprint density at radius 2 is 2.00 bits per heavy atom. The molecule has 1 aromatic carbocycles. The molecule has 0 saturated heterocycles. The number of hydrogen-bond acceptors (Lipinski definition) is 3. The molecule has 130 valence electrons. The number of unbranched alkanes of at least 4 members (excludes halogenated alkanes) is 3. The van der Waals surface area contributed by atoms with Gasteiger partial charge < -0.3 is 14.5 Å². The fraction of sp³-hybridized carbons (Fsp3) is 0.389. The number of benzene rings is 1. The van der Waals surface area contributed by atoms with Gasteiger partial charge in [0.2, 0.25) is 0 Å². The average Bonchev–Trinajstić information content (AvgIpc) is 3.03. The molecule has 0 spiro atoms. The Morgan fingerprint density at radius 1 is 1.17 bits per heavy atom. The highest BCUT2D eigenvalue weighted by Gasteiger charge is 2.11. The standard InChI is InChI=1S/C18H21Cl2NO3/c1-2-3-4-5-10-21-18(22)17-9-7-14(24-17)12-23-16-8-6-13(19)11-15(16)20/h6-9,11H,2-5,10,12H2,1H3,(H,21,22). The van der Waals surface area contributed by atoms with Gasteiger partial charge in [0, 0.05) is 11.6 Å². The first-order chi connectivity index (χ1) is 11.6. The van der Waals surface area contributed by atoms with Crippen LogP contribution in [0.15, 0.2) is 34.7 Å². The lowest BCUT2D eigenvalue weighted by Gasteiger charge is -2.06. The molecule has 4 nitrogen and oxygen atoms in total. The summed E-state index contributed by atoms with van der Waals surface area (Å²) in [6.07, 6.45) is 4.46. The zero-order valence-corrected chi connectivity index (χ0v) is 15.1. The van der Waals surface area contributed by atoms with E-state index in [0.29, 0.717) is 28.1 Å². The Bertz CT molecular complexity index is 670. The van der Waals surface area contributed by atoms with E-state index in [4.69, 9.17) is 32.4 Å². The van der Waals surface area contributed by atoms with Crippen molar-refractivity contribution in [1.29, 1.82) is 0 Å². The molecule has 2 aromatic rings. The minimum absolute atomic E-state index is 0.186. The Kier molecular flexibility index (Phi) is 7.47. The number of amides is 1. The van der Waals surface area contributed by atoms with Crippen LogP contribution >= 0.6 is 23.2 Å². The lowest BCUT2D eigenvalue weighted by atomic mass is 10.2. The van der Waals surface area contributed by atoms with Crippen LogP contribution in [0.5, 0.6) is 5.75 Å². The highest BCUT2D eigenvalue weighted by molar-refractivity contribution is 6.35. The van der Waals surface area contributed by atoms with Gasteiger partial charge in [-0.3, -0.25) is 4.79 Å². The molecule has 0 saturated carbocycles. The summed E-state index contributed by atoms with van der Waals surface area (Å²) in [4.78, 5) is 12.0. The molecule has 0 aliphatic rings. The van der Waals surface area contributed by atoms with E-state index in [1.54, 1.807) is 30.3 Å². The van der Waals surface area contributed by atoms with Crippen molar-refractivity contribution < 1.29 is 13.9 Å². The summed E-state index contributed by atoms with van der Waals surface area (Å²) in [6, 6.07) is 8.36. The molecule has 0 radical (unpaired) electrons. The van der Waals surface area contributed by atoms with E-state index in [1.807, 2.05) is 0 Å². The third-order valence-corrected chi connectivity index (χ3v) is 4.00. The van der Waals surface area contributed by atoms with Crippen molar-refractivity contribution in [1.82, 2.24) is 5.32 Å². The Labute approximate surface area is 152 Å². The first kappa shape index (κ1) is 18.7. The second-order valence-electron chi connectivity index (χ2n) is 5.45. The van der Waals surface area contributed by atoms with Crippen LogP contribution < -0.4 is 10.1 Å². The molecule has 0 aliphatic carbocycles. The second kappa shape index (κ2) is 9.60. The SMILES string of the molecule is CCCCCCNC(=O)c1ccc(COc2ccc(Cl)cc2Cl)o1. The van der Waals surface area contributed by atoms with Crippen LogP contribution in [0.25, 0.3) is 0 Å². The van der Waals surface area contributed by atoms with Crippen LogP contribution in [0.3, 0.4) is 0 Å². The van der Waals surface area contributed by atoms with Gasteiger partial charge >= 0.3 is 0 Å². The lowest BCUT2D eigenvalue weighted by Crippen LogP contribution is -2.23. The average molecular weight is 370 g/mol. The van der Waals surface area contributed by atoms with E-state index in [-0.39, 0.29) is 18.3 Å². The molecular weight excluding hydrogens is 349 g/mol. The van der Waals surface area contributed by atoms with Crippen molar-refractivity contribution in [2.75, 3.05) is 6.54 Å². The van der Waals surface area contributed by atoms with Crippen molar-refractivity contribution >= 4 is 29.1 Å². The summed E-state index contributed by atoms with van der Waals surface area (Å²) in [6.45, 7) is 3.00. The zero-order chi connectivity index (χ0) is 17.4. The molecule has 0 bridgehead atoms. The fourth-order valence-electron chi connectivity index (χ4n) is 2.16. The number of furan rings is 1. The lowest BCUT2D eigenvalue weighted by molar-refractivity contribution is 0.0921. The number of nitrogens with one attached hydrogen (secondary N) is 1. The fourth-order valence-corrected chi connectivity index (χ4v) is 2.62. The molecule has 1 aromatic heterocycles. The van der Waals surface area contributed by atoms with E-state index in [9.17, 15) is 4.79 Å². The summed E-state index contributed by atoms with van der Waals surface area (Å²) in [7, 11) is 0. The second-order valence-corrected chi connectivity index (χ2v) is 6.29. The summed E-state index contributed by atoms with van der Waals surface area (Å²) in [5, 5.41) is 3.83. The van der Waals surface area contributed by atoms with Gasteiger partial charge in [-0.2, -0.15) is 0 Å². The minimum Gasteiger partial charge on any atom is -0.484 e. The van der Waals surface area contributed by atoms with Crippen LogP contribution in [0.1, 0.15) is 48.9 Å². The van der Waals surface area contributed by atoms with Gasteiger partial charge in [-0.25, -0.2) is 0 Å². The quantitative estimate of drug-likeness (QED) is 0.595. The van der Waals surface area contributed by atoms with E-state index < -0.39 is 0 Å². The normalized spacial score (nSPS) is 10.6. The molecular formula is C18H21Cl2NO3. The monoisotopic (exact) mass is 369 g/mol. The van der Waals surface area contributed by atoms with E-state index in [2.05, 4.69) is 12.2 Å². The van der Waals surface area contributed by atoms with Crippen LogP contribution in [-0.4, -0.2) is 12.5 Å². The van der Waals surface area contributed by atoms with Gasteiger partial charge in [-0.15, -0.1) is 0 Å². The van der Waals surface area contributed by atoms with E-state index >= 15 is 0 Å². The molecule has 1 N–H and O–H groups in total. The minimum atomic E-state index is -0.206. The van der Waals surface area contributed by atoms with Gasteiger partial charge in [-0.1, -0.05) is 49.4 Å². The number of rotatable bonds is 9. The molecule has 2 rings (SSSR count). The molecule has 0 fully saturated rings. The molecule has 24 heavy (non-hydrogen) atoms. The van der Waals surface area contributed by atoms with Crippen molar-refractivity contribution in [3.63, 3.8) is 0 Å². The Morgan fingerprint density at radius 3 is 2.75 bits per heavy atom. The van der Waals surface area contributed by atoms with Crippen molar-refractivity contribution in [3.8, 4) is 5.75 Å². The molecule has 1 heterocycles. The summed E-state index contributed by atoms with van der Waals surface area (Å²) in [5.74, 6) is 1.14. The molecule has 0 aliphatic heterocycles. The third-order valence-electron chi connectivity index (χ3n) is 3.47. The largest absolute Gasteiger partial charge is 0.484 e. The Balaban J connectivity index is 1.81. The number of hydrogen-bond donors (Lipinski definition) is 1. The molecule has 6 heteroatoms. The third kappa shape index (κ3) is 5.77. The van der Waals surface area contributed by atoms with Gasteiger partial charge in [0.05, 0.1) is 5.02 Å². The van der Waals surface area contributed by atoms with Crippen LogP contribution in [0, 0.1) is 0 Å². The molecule has 0 unspecified atom stereocenters. The first-order valence-corrected chi connectivity index (χ1v) is 8.80. The highest BCUT2D eigenvalue weighted by Crippen LogP contribution is 2.28. The maximum atomic E-state index is 12.0. The predicted molar refractivity (Wildman–Crippen MR) is 96.0 cm³/mol. The van der Waals surface area contributed by atoms with Gasteiger partial charge in [-0.05, 0) is 36.8 Å². The van der Waals surface area contributed by atoms with Gasteiger partial charge in [0.25, 0.3) is 5.91 Å². The van der Waals surface area contributed by atoms with E-state index in [0.717, 1.165) is 12.8 Å². The summed E-state index contributed by atoms with van der Waals surface area (Å²) < 4.78 is 11.1. The topological polar surface area (TPSA) is 51.5 Å². The molecule has 0 atom stereocenters. The zero-order valence-electron chi connectivity index (χ0n) is 13.6. The number of halogens is 2. The maximum absolute atomic E-state index is 12.0. The van der Waals surface area contributed by atoms with Crippen LogP contribution in [0.4, 0.5) is 0 Å². The number of carbonyl (C=O) groups excluding carboxylic acids is 1. The van der Waals surface area contributed by atoms with Crippen molar-refractivity contribution in [3.05, 3.63) is 51.9 Å². The number of carbonyl (C=O) groups is 1. The highest BCUT2D eigenvalue weighted by atomic mass is 35.5. The van der Waals surface area contributed by atoms with E-state index in [1.165, 1.54) is 12.8 Å². The first-order valence-electron chi connectivity index (χ1n) is 8.05. The summed E-state index contributed by atoms with van der Waals surface area (Å²) >= 11 is 11.9. The van der Waals surface area contributed by atoms with Gasteiger partial charge in [0.15, 0.2) is 5.76 Å².